The number of aromatic nitrogens is 3. The summed E-state index contributed by atoms with van der Waals surface area (Å²) >= 11 is 1.76. The van der Waals surface area contributed by atoms with Crippen molar-refractivity contribution >= 4 is 32.9 Å². The van der Waals surface area contributed by atoms with Gasteiger partial charge in [0, 0.05) is 11.2 Å². The minimum Gasteiger partial charge on any atom is -0.394 e. The van der Waals surface area contributed by atoms with Gasteiger partial charge in [-0.3, -0.25) is 0 Å². The molecule has 1 fully saturated rings. The van der Waals surface area contributed by atoms with E-state index in [1.807, 2.05) is 22.8 Å². The number of aliphatic hydroxyl groups is 1. The molecule has 3 aromatic heterocycles. The van der Waals surface area contributed by atoms with Crippen LogP contribution in [0.25, 0.3) is 26.3 Å². The standard InChI is InChI=1S/C19H18N4OS/c24-12-14-5-3-9-22(14)19-8-7-18-20-11-15(23(18)21-19)17-10-13-4-1-2-6-16(13)25-17/h1-2,4,6-8,10-11,14,24H,3,5,9,12H2/t14-/m1/s1. The maximum Gasteiger partial charge on any atom is 0.154 e. The Morgan fingerprint density at radius 1 is 1.20 bits per heavy atom. The molecule has 126 valence electrons. The molecule has 0 spiro atoms. The van der Waals surface area contributed by atoms with Crippen molar-refractivity contribution in [1.82, 2.24) is 14.6 Å². The summed E-state index contributed by atoms with van der Waals surface area (Å²) in [5.74, 6) is 0.907. The molecule has 25 heavy (non-hydrogen) atoms. The number of hydrogen-bond donors (Lipinski definition) is 1. The highest BCUT2D eigenvalue weighted by Crippen LogP contribution is 2.34. The maximum atomic E-state index is 9.60. The molecule has 0 bridgehead atoms. The van der Waals surface area contributed by atoms with E-state index >= 15 is 0 Å². The smallest absolute Gasteiger partial charge is 0.154 e. The van der Waals surface area contributed by atoms with Crippen LogP contribution in [0.3, 0.4) is 0 Å². The number of imidazole rings is 1. The fourth-order valence-electron chi connectivity index (χ4n) is 3.62. The van der Waals surface area contributed by atoms with Gasteiger partial charge in [0.1, 0.15) is 11.5 Å². The highest BCUT2D eigenvalue weighted by atomic mass is 32.1. The van der Waals surface area contributed by atoms with E-state index in [9.17, 15) is 5.11 Å². The molecule has 0 radical (unpaired) electrons. The van der Waals surface area contributed by atoms with Crippen LogP contribution in [0.2, 0.25) is 0 Å². The highest BCUT2D eigenvalue weighted by molar-refractivity contribution is 7.22. The van der Waals surface area contributed by atoms with Gasteiger partial charge in [0.25, 0.3) is 0 Å². The first kappa shape index (κ1) is 14.9. The number of rotatable bonds is 3. The van der Waals surface area contributed by atoms with Crippen LogP contribution in [-0.4, -0.2) is 38.9 Å². The lowest BCUT2D eigenvalue weighted by Gasteiger charge is -2.23. The summed E-state index contributed by atoms with van der Waals surface area (Å²) in [6.07, 6.45) is 4.01. The van der Waals surface area contributed by atoms with Crippen molar-refractivity contribution in [2.24, 2.45) is 0 Å². The van der Waals surface area contributed by atoms with Crippen molar-refractivity contribution in [3.05, 3.63) is 48.7 Å². The third-order valence-electron chi connectivity index (χ3n) is 4.91. The van der Waals surface area contributed by atoms with Crippen LogP contribution in [0.1, 0.15) is 12.8 Å². The van der Waals surface area contributed by atoms with Crippen molar-refractivity contribution in [2.45, 2.75) is 18.9 Å². The lowest BCUT2D eigenvalue weighted by Crippen LogP contribution is -2.33. The van der Waals surface area contributed by atoms with Crippen molar-refractivity contribution in [3.8, 4) is 10.6 Å². The molecule has 5 nitrogen and oxygen atoms in total. The highest BCUT2D eigenvalue weighted by Gasteiger charge is 2.25. The summed E-state index contributed by atoms with van der Waals surface area (Å²) < 4.78 is 3.19. The van der Waals surface area contributed by atoms with E-state index in [-0.39, 0.29) is 12.6 Å². The zero-order valence-corrected chi connectivity index (χ0v) is 14.5. The normalized spacial score (nSPS) is 17.8. The quantitative estimate of drug-likeness (QED) is 0.614. The SMILES string of the molecule is OC[C@H]1CCCN1c1ccc2ncc(-c3cc4ccccc4s3)n2n1. The number of thiophene rings is 1. The minimum absolute atomic E-state index is 0.168. The van der Waals surface area contributed by atoms with Gasteiger partial charge in [0.05, 0.1) is 23.7 Å². The topological polar surface area (TPSA) is 53.7 Å². The number of hydrogen-bond acceptors (Lipinski definition) is 5. The summed E-state index contributed by atoms with van der Waals surface area (Å²) in [7, 11) is 0. The second kappa shape index (κ2) is 5.82. The molecule has 1 saturated heterocycles. The molecular weight excluding hydrogens is 332 g/mol. The minimum atomic E-state index is 0.168. The number of aliphatic hydroxyl groups excluding tert-OH is 1. The lowest BCUT2D eigenvalue weighted by atomic mass is 10.2. The molecule has 0 amide bonds. The molecule has 1 atom stereocenters. The molecule has 6 heteroatoms. The van der Waals surface area contributed by atoms with Gasteiger partial charge >= 0.3 is 0 Å². The third-order valence-corrected chi connectivity index (χ3v) is 6.05. The monoisotopic (exact) mass is 350 g/mol. The van der Waals surface area contributed by atoms with Crippen LogP contribution in [0.4, 0.5) is 5.82 Å². The van der Waals surface area contributed by atoms with E-state index in [1.54, 1.807) is 11.3 Å². The van der Waals surface area contributed by atoms with Crippen LogP contribution in [0.5, 0.6) is 0 Å². The Morgan fingerprint density at radius 3 is 3.00 bits per heavy atom. The zero-order valence-electron chi connectivity index (χ0n) is 13.7. The number of fused-ring (bicyclic) bond motifs is 2. The molecule has 0 aliphatic carbocycles. The van der Waals surface area contributed by atoms with Crippen LogP contribution < -0.4 is 4.90 Å². The first-order valence-corrected chi connectivity index (χ1v) is 9.36. The second-order valence-electron chi connectivity index (χ2n) is 6.43. The van der Waals surface area contributed by atoms with E-state index in [2.05, 4.69) is 40.2 Å². The lowest BCUT2D eigenvalue weighted by molar-refractivity contribution is 0.266. The number of benzene rings is 1. The van der Waals surface area contributed by atoms with Crippen molar-refractivity contribution in [3.63, 3.8) is 0 Å². The molecule has 4 heterocycles. The van der Waals surface area contributed by atoms with Crippen molar-refractivity contribution in [1.29, 1.82) is 0 Å². The Morgan fingerprint density at radius 2 is 2.12 bits per heavy atom. The fraction of sp³-hybridized carbons (Fsp3) is 0.263. The van der Waals surface area contributed by atoms with E-state index in [1.165, 1.54) is 15.0 Å². The van der Waals surface area contributed by atoms with Crippen LogP contribution >= 0.6 is 11.3 Å². The van der Waals surface area contributed by atoms with Gasteiger partial charge in [-0.2, -0.15) is 0 Å². The second-order valence-corrected chi connectivity index (χ2v) is 7.51. The number of nitrogens with zero attached hydrogens (tertiary/aromatic N) is 4. The third kappa shape index (κ3) is 2.41. The first-order valence-electron chi connectivity index (χ1n) is 8.55. The van der Waals surface area contributed by atoms with Crippen LogP contribution in [0.15, 0.2) is 48.7 Å². The van der Waals surface area contributed by atoms with Gasteiger partial charge in [-0.1, -0.05) is 18.2 Å². The predicted molar refractivity (Wildman–Crippen MR) is 101 cm³/mol. The van der Waals surface area contributed by atoms with E-state index in [0.717, 1.165) is 36.5 Å². The van der Waals surface area contributed by atoms with Crippen molar-refractivity contribution < 1.29 is 5.11 Å². The first-order chi connectivity index (χ1) is 12.3. The van der Waals surface area contributed by atoms with E-state index in [4.69, 9.17) is 5.10 Å². The predicted octanol–water partition coefficient (Wildman–Crippen LogP) is 3.57. The Hall–Kier alpha value is -2.44. The molecule has 4 aromatic rings. The number of anilines is 1. The molecule has 1 aromatic carbocycles. The van der Waals surface area contributed by atoms with Gasteiger partial charge < -0.3 is 10.0 Å². The Bertz CT molecular complexity index is 1020. The Labute approximate surface area is 149 Å². The molecule has 0 unspecified atom stereocenters. The Balaban J connectivity index is 1.62. The van der Waals surface area contributed by atoms with Crippen molar-refractivity contribution in [2.75, 3.05) is 18.1 Å². The molecular formula is C19H18N4OS. The maximum absolute atomic E-state index is 9.60. The van der Waals surface area contributed by atoms with Gasteiger partial charge in [-0.25, -0.2) is 9.50 Å². The fourth-order valence-corrected chi connectivity index (χ4v) is 4.68. The largest absolute Gasteiger partial charge is 0.394 e. The van der Waals surface area contributed by atoms with Gasteiger partial charge in [-0.05, 0) is 42.5 Å². The average Bonchev–Trinajstić information content (AvgIpc) is 3.37. The van der Waals surface area contributed by atoms with Gasteiger partial charge in [-0.15, -0.1) is 16.4 Å². The summed E-state index contributed by atoms with van der Waals surface area (Å²) in [4.78, 5) is 7.88. The summed E-state index contributed by atoms with van der Waals surface area (Å²) in [5.41, 5.74) is 1.86. The summed E-state index contributed by atoms with van der Waals surface area (Å²) in [5, 5.41) is 15.7. The van der Waals surface area contributed by atoms with Gasteiger partial charge in [0.2, 0.25) is 0 Å². The van der Waals surface area contributed by atoms with E-state index < -0.39 is 0 Å². The van der Waals surface area contributed by atoms with Crippen LogP contribution in [0, 0.1) is 0 Å². The summed E-state index contributed by atoms with van der Waals surface area (Å²) in [6, 6.07) is 14.8. The summed E-state index contributed by atoms with van der Waals surface area (Å²) in [6.45, 7) is 1.11. The molecule has 0 saturated carbocycles. The molecule has 1 N–H and O–H groups in total. The van der Waals surface area contributed by atoms with Gasteiger partial charge in [0.15, 0.2) is 5.65 Å². The molecule has 1 aliphatic heterocycles. The van der Waals surface area contributed by atoms with E-state index in [0.29, 0.717) is 0 Å². The Kier molecular flexibility index (Phi) is 3.46. The van der Waals surface area contributed by atoms with Crippen LogP contribution in [-0.2, 0) is 0 Å². The zero-order chi connectivity index (χ0) is 16.8. The molecule has 5 rings (SSSR count). The molecule has 1 aliphatic rings. The average molecular weight is 350 g/mol.